The Morgan fingerprint density at radius 1 is 0.943 bits per heavy atom. The third-order valence-electron chi connectivity index (χ3n) is 8.84. The molecule has 7 rings (SSSR count). The number of esters is 1. The zero-order chi connectivity index (χ0) is 37.2. The molecule has 1 aliphatic heterocycles. The highest BCUT2D eigenvalue weighted by Crippen LogP contribution is 2.37. The summed E-state index contributed by atoms with van der Waals surface area (Å²) >= 11 is 1.25. The van der Waals surface area contributed by atoms with Crippen LogP contribution in [0.4, 0.5) is 5.69 Å². The summed E-state index contributed by atoms with van der Waals surface area (Å²) in [7, 11) is 0. The Morgan fingerprint density at radius 3 is 2.19 bits per heavy atom. The molecule has 4 aromatic carbocycles. The molecule has 0 amide bonds. The molecular formula is C42H36N4O6S. The lowest BCUT2D eigenvalue weighted by molar-refractivity contribution is -0.384. The number of allylic oxidation sites excluding steroid dienone is 1. The first-order valence-corrected chi connectivity index (χ1v) is 18.0. The maximum Gasteiger partial charge on any atom is 0.338 e. The molecule has 0 unspecified atom stereocenters. The van der Waals surface area contributed by atoms with E-state index in [1.807, 2.05) is 111 Å². The average Bonchev–Trinajstić information content (AvgIpc) is 3.68. The number of carbonyl (C=O) groups is 1. The van der Waals surface area contributed by atoms with Crippen molar-refractivity contribution in [3.05, 3.63) is 167 Å². The number of ether oxygens (including phenoxy) is 2. The lowest BCUT2D eigenvalue weighted by Gasteiger charge is -2.25. The third kappa shape index (κ3) is 6.86. The van der Waals surface area contributed by atoms with Crippen molar-refractivity contribution in [3.8, 4) is 34.0 Å². The fourth-order valence-electron chi connectivity index (χ4n) is 6.59. The fourth-order valence-corrected chi connectivity index (χ4v) is 7.63. The van der Waals surface area contributed by atoms with E-state index >= 15 is 0 Å². The van der Waals surface area contributed by atoms with Crippen molar-refractivity contribution in [3.63, 3.8) is 0 Å². The number of hydrogen-bond donors (Lipinski definition) is 0. The zero-order valence-electron chi connectivity index (χ0n) is 29.6. The molecule has 3 heterocycles. The molecular weight excluding hydrogens is 689 g/mol. The largest absolute Gasteiger partial charge is 0.491 e. The smallest absolute Gasteiger partial charge is 0.338 e. The summed E-state index contributed by atoms with van der Waals surface area (Å²) in [6, 6.07) is 34.7. The molecule has 2 aromatic heterocycles. The van der Waals surface area contributed by atoms with Crippen LogP contribution < -0.4 is 19.6 Å². The fraction of sp³-hybridized carbons (Fsp3) is 0.167. The molecule has 0 spiro atoms. The van der Waals surface area contributed by atoms with Crippen LogP contribution in [0.3, 0.4) is 0 Å². The highest BCUT2D eigenvalue weighted by Gasteiger charge is 2.33. The number of nitro groups is 1. The predicted molar refractivity (Wildman–Crippen MR) is 206 cm³/mol. The van der Waals surface area contributed by atoms with Gasteiger partial charge in [-0.1, -0.05) is 84.1 Å². The van der Waals surface area contributed by atoms with Gasteiger partial charge in [-0.15, -0.1) is 0 Å². The normalized spacial score (nSPS) is 14.2. The van der Waals surface area contributed by atoms with E-state index in [4.69, 9.17) is 14.5 Å². The van der Waals surface area contributed by atoms with Gasteiger partial charge < -0.3 is 14.0 Å². The Balaban J connectivity index is 1.47. The molecule has 0 N–H and O–H groups in total. The number of hydrogen-bond acceptors (Lipinski definition) is 8. The van der Waals surface area contributed by atoms with Gasteiger partial charge in [0.25, 0.3) is 11.2 Å². The Hall–Kier alpha value is -6.33. The van der Waals surface area contributed by atoms with Gasteiger partial charge in [0.1, 0.15) is 5.75 Å². The van der Waals surface area contributed by atoms with Gasteiger partial charge in [-0.3, -0.25) is 19.5 Å². The van der Waals surface area contributed by atoms with E-state index in [9.17, 15) is 19.7 Å². The van der Waals surface area contributed by atoms with Gasteiger partial charge in [-0.05, 0) is 80.8 Å². The van der Waals surface area contributed by atoms with Crippen molar-refractivity contribution in [1.29, 1.82) is 0 Å². The summed E-state index contributed by atoms with van der Waals surface area (Å²) in [5.41, 5.74) is 6.07. The van der Waals surface area contributed by atoms with E-state index in [2.05, 4.69) is 4.57 Å². The highest BCUT2D eigenvalue weighted by molar-refractivity contribution is 7.07. The van der Waals surface area contributed by atoms with E-state index in [1.54, 1.807) is 30.5 Å². The second-order valence-electron chi connectivity index (χ2n) is 12.7. The van der Waals surface area contributed by atoms with Gasteiger partial charge in [0, 0.05) is 23.4 Å². The van der Waals surface area contributed by atoms with Gasteiger partial charge in [0.2, 0.25) is 0 Å². The first-order valence-electron chi connectivity index (χ1n) is 17.2. The first kappa shape index (κ1) is 35.1. The van der Waals surface area contributed by atoms with Crippen LogP contribution in [0.15, 0.2) is 136 Å². The number of thiazole rings is 1. The molecule has 0 bridgehead atoms. The number of rotatable bonds is 10. The van der Waals surface area contributed by atoms with Crippen LogP contribution in [-0.2, 0) is 9.53 Å². The second kappa shape index (κ2) is 14.7. The summed E-state index contributed by atoms with van der Waals surface area (Å²) in [5.74, 6) is 0.143. The molecule has 0 saturated heterocycles. The summed E-state index contributed by atoms with van der Waals surface area (Å²) in [5, 5.41) is 11.5. The minimum atomic E-state index is -0.779. The van der Waals surface area contributed by atoms with Crippen LogP contribution in [0.1, 0.15) is 44.9 Å². The van der Waals surface area contributed by atoms with Crippen LogP contribution in [0.25, 0.3) is 34.3 Å². The van der Waals surface area contributed by atoms with Gasteiger partial charge in [0.05, 0.1) is 50.9 Å². The SMILES string of the molecule is CCOC(=O)C1=C(C)N=c2s/c(=C\c3cc(-c4ccccc4)n(-c4ccc([N+](=O)[O-])cc4)c3-c3ccccc3)c(=O)n2[C@@H]1c1ccc(OC(C)C)cc1. The highest BCUT2D eigenvalue weighted by atomic mass is 32.1. The minimum absolute atomic E-state index is 0.0149. The molecule has 6 aromatic rings. The Bertz CT molecular complexity index is 2530. The number of non-ortho nitro benzene ring substituents is 1. The third-order valence-corrected chi connectivity index (χ3v) is 9.82. The van der Waals surface area contributed by atoms with Gasteiger partial charge in [-0.2, -0.15) is 0 Å². The molecule has 1 aliphatic rings. The van der Waals surface area contributed by atoms with Crippen molar-refractivity contribution < 1.29 is 19.2 Å². The summed E-state index contributed by atoms with van der Waals surface area (Å²) in [4.78, 5) is 44.5. The Kier molecular flexibility index (Phi) is 9.75. The number of benzene rings is 4. The molecule has 11 heteroatoms. The maximum absolute atomic E-state index is 14.6. The molecule has 0 fully saturated rings. The Labute approximate surface area is 309 Å². The van der Waals surface area contributed by atoms with Crippen molar-refractivity contribution >= 4 is 29.1 Å². The van der Waals surface area contributed by atoms with Crippen molar-refractivity contribution in [2.45, 2.75) is 39.8 Å². The summed E-state index contributed by atoms with van der Waals surface area (Å²) in [6.45, 7) is 7.57. The molecule has 10 nitrogen and oxygen atoms in total. The number of aromatic nitrogens is 2. The average molecular weight is 725 g/mol. The van der Waals surface area contributed by atoms with Crippen molar-refractivity contribution in [2.24, 2.45) is 4.99 Å². The molecule has 0 aliphatic carbocycles. The van der Waals surface area contributed by atoms with E-state index < -0.39 is 16.9 Å². The molecule has 266 valence electrons. The lowest BCUT2D eigenvalue weighted by Crippen LogP contribution is -2.39. The Morgan fingerprint density at radius 2 is 1.58 bits per heavy atom. The topological polar surface area (TPSA) is 118 Å². The van der Waals surface area contributed by atoms with Gasteiger partial charge in [-0.25, -0.2) is 9.79 Å². The maximum atomic E-state index is 14.6. The summed E-state index contributed by atoms with van der Waals surface area (Å²) in [6.07, 6.45) is 1.84. The van der Waals surface area contributed by atoms with E-state index in [0.717, 1.165) is 28.1 Å². The monoisotopic (exact) mass is 724 g/mol. The molecule has 1 atom stereocenters. The van der Waals surface area contributed by atoms with Crippen molar-refractivity contribution in [1.82, 2.24) is 9.13 Å². The second-order valence-corrected chi connectivity index (χ2v) is 13.7. The molecule has 53 heavy (non-hydrogen) atoms. The van der Waals surface area contributed by atoms with E-state index in [0.29, 0.717) is 37.6 Å². The standard InChI is InChI=1S/C42H36N4O6S/c1-5-51-41(48)37-27(4)43-42-45(39(37)30-16-22-34(23-17-30)52-26(2)3)40(47)36(53-42)25-31-24-35(28-12-8-6-9-13-28)44(38(31)29-14-10-7-11-15-29)32-18-20-33(21-19-32)46(49)50/h6-26,39H,5H2,1-4H3/b36-25-/t39-/m1/s1. The van der Waals surface area contributed by atoms with Gasteiger partial charge in [0.15, 0.2) is 4.80 Å². The van der Waals surface area contributed by atoms with Gasteiger partial charge >= 0.3 is 5.97 Å². The number of nitro benzene ring substituents is 1. The number of nitrogens with zero attached hydrogens (tertiary/aromatic N) is 4. The minimum Gasteiger partial charge on any atom is -0.491 e. The zero-order valence-corrected chi connectivity index (χ0v) is 30.4. The quantitative estimate of drug-likeness (QED) is 0.0815. The van der Waals surface area contributed by atoms with E-state index in [-0.39, 0.29) is 24.0 Å². The molecule has 0 radical (unpaired) electrons. The van der Waals surface area contributed by atoms with E-state index in [1.165, 1.54) is 23.5 Å². The summed E-state index contributed by atoms with van der Waals surface area (Å²) < 4.78 is 15.4. The van der Waals surface area contributed by atoms with Crippen molar-refractivity contribution in [2.75, 3.05) is 6.61 Å². The van der Waals surface area contributed by atoms with Crippen LogP contribution in [-0.4, -0.2) is 32.7 Å². The van der Waals surface area contributed by atoms with Crippen LogP contribution in [0, 0.1) is 10.1 Å². The number of carbonyl (C=O) groups excluding carboxylic acids is 1. The van der Waals surface area contributed by atoms with Crippen LogP contribution >= 0.6 is 11.3 Å². The van der Waals surface area contributed by atoms with Crippen LogP contribution in [0.2, 0.25) is 0 Å². The number of fused-ring (bicyclic) bond motifs is 1. The predicted octanol–water partition coefficient (Wildman–Crippen LogP) is 7.62. The first-order chi connectivity index (χ1) is 25.6. The van der Waals surface area contributed by atoms with Crippen LogP contribution in [0.5, 0.6) is 5.75 Å². The molecule has 0 saturated carbocycles. The lowest BCUT2D eigenvalue weighted by atomic mass is 9.96.